The number of piperazine rings is 1. The van der Waals surface area contributed by atoms with Gasteiger partial charge in [0, 0.05) is 45.0 Å². The highest BCUT2D eigenvalue weighted by Gasteiger charge is 2.31. The predicted octanol–water partition coefficient (Wildman–Crippen LogP) is 1.74. The standard InChI is InChI=1S/C16H22N4/c1-16(15-6-4-3-5-7-15)13-20(9-8-17-16)12-14-10-18-19(2)11-14/h3-7,10-11,17H,8-9,12-13H2,1-2H3. The summed E-state index contributed by atoms with van der Waals surface area (Å²) in [7, 11) is 1.97. The number of nitrogens with zero attached hydrogens (tertiary/aromatic N) is 3. The maximum atomic E-state index is 4.25. The van der Waals surface area contributed by atoms with Crippen LogP contribution >= 0.6 is 0 Å². The third-order valence-electron chi connectivity index (χ3n) is 4.06. The maximum absolute atomic E-state index is 4.25. The Morgan fingerprint density at radius 3 is 2.80 bits per heavy atom. The van der Waals surface area contributed by atoms with E-state index in [2.05, 4.69) is 58.8 Å². The van der Waals surface area contributed by atoms with Crippen LogP contribution in [-0.2, 0) is 19.1 Å². The van der Waals surface area contributed by atoms with Gasteiger partial charge in [-0.15, -0.1) is 0 Å². The predicted molar refractivity (Wildman–Crippen MR) is 80.3 cm³/mol. The van der Waals surface area contributed by atoms with Crippen LogP contribution in [0.2, 0.25) is 0 Å². The summed E-state index contributed by atoms with van der Waals surface area (Å²) >= 11 is 0. The molecule has 0 bridgehead atoms. The monoisotopic (exact) mass is 270 g/mol. The molecule has 2 heterocycles. The summed E-state index contributed by atoms with van der Waals surface area (Å²) in [4.78, 5) is 2.50. The van der Waals surface area contributed by atoms with E-state index in [0.717, 1.165) is 26.2 Å². The van der Waals surface area contributed by atoms with Crippen molar-refractivity contribution in [3.8, 4) is 0 Å². The molecule has 0 spiro atoms. The number of benzene rings is 1. The van der Waals surface area contributed by atoms with Gasteiger partial charge in [0.1, 0.15) is 0 Å². The molecule has 1 atom stereocenters. The van der Waals surface area contributed by atoms with Crippen molar-refractivity contribution in [1.29, 1.82) is 0 Å². The summed E-state index contributed by atoms with van der Waals surface area (Å²) in [5.74, 6) is 0. The Labute approximate surface area is 120 Å². The molecule has 2 aromatic rings. The number of rotatable bonds is 3. The first-order valence-corrected chi connectivity index (χ1v) is 7.16. The van der Waals surface area contributed by atoms with Crippen LogP contribution in [-0.4, -0.2) is 34.3 Å². The normalized spacial score (nSPS) is 23.9. The Hall–Kier alpha value is -1.65. The Bertz CT molecular complexity index is 563. The third kappa shape index (κ3) is 2.76. The topological polar surface area (TPSA) is 33.1 Å². The van der Waals surface area contributed by atoms with Gasteiger partial charge in [-0.3, -0.25) is 9.58 Å². The lowest BCUT2D eigenvalue weighted by Crippen LogP contribution is -2.56. The minimum absolute atomic E-state index is 0.0295. The molecule has 0 saturated carbocycles. The van der Waals surface area contributed by atoms with E-state index in [-0.39, 0.29) is 5.54 Å². The molecule has 1 aromatic carbocycles. The van der Waals surface area contributed by atoms with Crippen molar-refractivity contribution >= 4 is 0 Å². The average molecular weight is 270 g/mol. The van der Waals surface area contributed by atoms with Crippen molar-refractivity contribution in [3.05, 3.63) is 53.9 Å². The second-order valence-electron chi connectivity index (χ2n) is 5.86. The van der Waals surface area contributed by atoms with Gasteiger partial charge in [0.2, 0.25) is 0 Å². The van der Waals surface area contributed by atoms with E-state index in [0.29, 0.717) is 0 Å². The van der Waals surface area contributed by atoms with E-state index in [9.17, 15) is 0 Å². The van der Waals surface area contributed by atoms with E-state index >= 15 is 0 Å². The van der Waals surface area contributed by atoms with Crippen LogP contribution in [0.15, 0.2) is 42.7 Å². The molecule has 4 nitrogen and oxygen atoms in total. The van der Waals surface area contributed by atoms with Crippen LogP contribution < -0.4 is 5.32 Å². The fraction of sp³-hybridized carbons (Fsp3) is 0.438. The summed E-state index contributed by atoms with van der Waals surface area (Å²) in [6, 6.07) is 10.7. The molecule has 1 aliphatic heterocycles. The Balaban J connectivity index is 1.73. The van der Waals surface area contributed by atoms with E-state index in [1.165, 1.54) is 11.1 Å². The van der Waals surface area contributed by atoms with Crippen molar-refractivity contribution in [2.24, 2.45) is 7.05 Å². The second-order valence-corrected chi connectivity index (χ2v) is 5.86. The second kappa shape index (κ2) is 5.38. The average Bonchev–Trinajstić information content (AvgIpc) is 2.85. The Kier molecular flexibility index (Phi) is 3.59. The van der Waals surface area contributed by atoms with E-state index in [4.69, 9.17) is 0 Å². The smallest absolute Gasteiger partial charge is 0.0535 e. The molecule has 1 N–H and O–H groups in total. The van der Waals surface area contributed by atoms with Crippen LogP contribution in [0.4, 0.5) is 0 Å². The van der Waals surface area contributed by atoms with Gasteiger partial charge in [0.25, 0.3) is 0 Å². The van der Waals surface area contributed by atoms with Crippen LogP contribution in [0.25, 0.3) is 0 Å². The summed E-state index contributed by atoms with van der Waals surface area (Å²) in [6.07, 6.45) is 4.06. The Morgan fingerprint density at radius 1 is 1.30 bits per heavy atom. The first-order chi connectivity index (χ1) is 9.66. The summed E-state index contributed by atoms with van der Waals surface area (Å²) in [6.45, 7) is 6.38. The van der Waals surface area contributed by atoms with Crippen molar-refractivity contribution in [1.82, 2.24) is 20.0 Å². The lowest BCUT2D eigenvalue weighted by atomic mass is 9.89. The molecule has 0 aliphatic carbocycles. The minimum Gasteiger partial charge on any atom is -0.305 e. The van der Waals surface area contributed by atoms with E-state index < -0.39 is 0 Å². The fourth-order valence-electron chi connectivity index (χ4n) is 3.02. The summed E-state index contributed by atoms with van der Waals surface area (Å²) in [5, 5.41) is 7.92. The SMILES string of the molecule is Cn1cc(CN2CCNC(C)(c3ccccc3)C2)cn1. The first kappa shape index (κ1) is 13.3. The van der Waals surface area contributed by atoms with Crippen LogP contribution in [0.3, 0.4) is 0 Å². The number of hydrogen-bond acceptors (Lipinski definition) is 3. The number of nitrogens with one attached hydrogen (secondary N) is 1. The highest BCUT2D eigenvalue weighted by molar-refractivity contribution is 5.25. The molecule has 0 amide bonds. The zero-order valence-corrected chi connectivity index (χ0v) is 12.2. The zero-order chi connectivity index (χ0) is 14.0. The highest BCUT2D eigenvalue weighted by Crippen LogP contribution is 2.25. The summed E-state index contributed by atoms with van der Waals surface area (Å²) in [5.41, 5.74) is 2.67. The number of aromatic nitrogens is 2. The Morgan fingerprint density at radius 2 is 2.10 bits per heavy atom. The van der Waals surface area contributed by atoms with E-state index in [1.54, 1.807) is 0 Å². The molecule has 0 radical (unpaired) electrons. The van der Waals surface area contributed by atoms with Crippen LogP contribution in [0, 0.1) is 0 Å². The molecular formula is C16H22N4. The quantitative estimate of drug-likeness (QED) is 0.922. The molecule has 1 aliphatic rings. The largest absolute Gasteiger partial charge is 0.305 e. The van der Waals surface area contributed by atoms with Crippen LogP contribution in [0.5, 0.6) is 0 Å². The molecule has 1 saturated heterocycles. The van der Waals surface area contributed by atoms with Crippen molar-refractivity contribution in [3.63, 3.8) is 0 Å². The van der Waals surface area contributed by atoms with Gasteiger partial charge in [-0.1, -0.05) is 30.3 Å². The highest BCUT2D eigenvalue weighted by atomic mass is 15.3. The molecule has 3 rings (SSSR count). The van der Waals surface area contributed by atoms with Gasteiger partial charge < -0.3 is 5.32 Å². The van der Waals surface area contributed by atoms with Gasteiger partial charge in [-0.2, -0.15) is 5.10 Å². The van der Waals surface area contributed by atoms with Gasteiger partial charge in [0.15, 0.2) is 0 Å². The van der Waals surface area contributed by atoms with Crippen molar-refractivity contribution < 1.29 is 0 Å². The molecule has 1 aromatic heterocycles. The molecule has 20 heavy (non-hydrogen) atoms. The van der Waals surface area contributed by atoms with Crippen molar-refractivity contribution in [2.75, 3.05) is 19.6 Å². The number of hydrogen-bond donors (Lipinski definition) is 1. The maximum Gasteiger partial charge on any atom is 0.0535 e. The number of aryl methyl sites for hydroxylation is 1. The molecule has 1 fully saturated rings. The van der Waals surface area contributed by atoms with Gasteiger partial charge >= 0.3 is 0 Å². The van der Waals surface area contributed by atoms with Gasteiger partial charge in [-0.25, -0.2) is 0 Å². The third-order valence-corrected chi connectivity index (χ3v) is 4.06. The summed E-state index contributed by atoms with van der Waals surface area (Å²) < 4.78 is 1.87. The van der Waals surface area contributed by atoms with Gasteiger partial charge in [0.05, 0.1) is 11.7 Å². The van der Waals surface area contributed by atoms with Gasteiger partial charge in [-0.05, 0) is 12.5 Å². The lowest BCUT2D eigenvalue weighted by molar-refractivity contribution is 0.136. The fourth-order valence-corrected chi connectivity index (χ4v) is 3.02. The first-order valence-electron chi connectivity index (χ1n) is 7.16. The minimum atomic E-state index is 0.0295. The van der Waals surface area contributed by atoms with E-state index in [1.807, 2.05) is 17.9 Å². The van der Waals surface area contributed by atoms with Crippen molar-refractivity contribution in [2.45, 2.75) is 19.0 Å². The molecular weight excluding hydrogens is 248 g/mol. The lowest BCUT2D eigenvalue weighted by Gasteiger charge is -2.41. The molecule has 106 valence electrons. The zero-order valence-electron chi connectivity index (χ0n) is 12.2. The van der Waals surface area contributed by atoms with Crippen LogP contribution in [0.1, 0.15) is 18.1 Å². The molecule has 1 unspecified atom stereocenters. The molecule has 4 heteroatoms.